The molecule has 1 aromatic carbocycles. The highest BCUT2D eigenvalue weighted by molar-refractivity contribution is 6.30. The minimum absolute atomic E-state index is 0.0170. The molecular formula is C15H18ClN5O4. The number of ether oxygens (including phenoxy) is 1. The summed E-state index contributed by atoms with van der Waals surface area (Å²) in [6, 6.07) is 4.24. The van der Waals surface area contributed by atoms with Crippen LogP contribution < -0.4 is 10.1 Å². The molecule has 9 nitrogen and oxygen atoms in total. The molecule has 1 N–H and O–H groups in total. The van der Waals surface area contributed by atoms with Crippen LogP contribution in [0.1, 0.15) is 30.8 Å². The third kappa shape index (κ3) is 3.89. The summed E-state index contributed by atoms with van der Waals surface area (Å²) in [5.41, 5.74) is -0.213. The molecule has 0 bridgehead atoms. The van der Waals surface area contributed by atoms with E-state index < -0.39 is 11.0 Å². The van der Waals surface area contributed by atoms with Gasteiger partial charge in [0.2, 0.25) is 0 Å². The fourth-order valence-electron chi connectivity index (χ4n) is 2.62. The van der Waals surface area contributed by atoms with Crippen LogP contribution in [0.5, 0.6) is 5.75 Å². The molecule has 134 valence electrons. The molecule has 1 fully saturated rings. The second kappa shape index (κ2) is 7.34. The van der Waals surface area contributed by atoms with Crippen molar-refractivity contribution < 1.29 is 14.2 Å². The smallest absolute Gasteiger partial charge is 0.312 e. The largest absolute Gasteiger partial charge is 0.474 e. The fourth-order valence-corrected chi connectivity index (χ4v) is 2.78. The van der Waals surface area contributed by atoms with Crippen molar-refractivity contribution in [1.82, 2.24) is 20.4 Å². The first-order valence-corrected chi connectivity index (χ1v) is 8.18. The number of nitrogens with one attached hydrogen (secondary N) is 1. The van der Waals surface area contributed by atoms with E-state index in [0.29, 0.717) is 5.82 Å². The number of hydrogen-bond acceptors (Lipinski definition) is 8. The van der Waals surface area contributed by atoms with E-state index in [4.69, 9.17) is 20.9 Å². The molecule has 0 radical (unpaired) electrons. The molecule has 1 aromatic heterocycles. The molecule has 1 aliphatic heterocycles. The van der Waals surface area contributed by atoms with Gasteiger partial charge in [0.25, 0.3) is 5.89 Å². The molecule has 25 heavy (non-hydrogen) atoms. The Balaban J connectivity index is 1.76. The van der Waals surface area contributed by atoms with E-state index in [9.17, 15) is 10.1 Å². The number of hydrogen-bond donors (Lipinski definition) is 1. The number of likely N-dealkylation sites (N-methyl/N-ethyl adjacent to an activating group) is 1. The van der Waals surface area contributed by atoms with E-state index in [1.807, 2.05) is 7.05 Å². The van der Waals surface area contributed by atoms with Crippen molar-refractivity contribution in [2.75, 3.05) is 26.7 Å². The predicted molar refractivity (Wildman–Crippen MR) is 89.7 cm³/mol. The van der Waals surface area contributed by atoms with Crippen LogP contribution in [0.2, 0.25) is 5.02 Å². The lowest BCUT2D eigenvalue weighted by atomic mass is 10.2. The van der Waals surface area contributed by atoms with Gasteiger partial charge in [-0.3, -0.25) is 15.0 Å². The highest BCUT2D eigenvalue weighted by Crippen LogP contribution is 2.33. The summed E-state index contributed by atoms with van der Waals surface area (Å²) in [6.07, 6.45) is -0.636. The second-order valence-corrected chi connectivity index (χ2v) is 6.26. The van der Waals surface area contributed by atoms with Crippen molar-refractivity contribution in [1.29, 1.82) is 0 Å². The molecule has 3 rings (SSSR count). The van der Waals surface area contributed by atoms with Gasteiger partial charge in [0.05, 0.1) is 11.0 Å². The lowest BCUT2D eigenvalue weighted by molar-refractivity contribution is -0.386. The van der Waals surface area contributed by atoms with Crippen LogP contribution in [-0.4, -0.2) is 46.6 Å². The number of piperazine rings is 1. The predicted octanol–water partition coefficient (Wildman–Crippen LogP) is 2.35. The minimum atomic E-state index is -0.636. The van der Waals surface area contributed by atoms with Crippen molar-refractivity contribution in [2.24, 2.45) is 0 Å². The van der Waals surface area contributed by atoms with Gasteiger partial charge in [-0.05, 0) is 26.1 Å². The first-order valence-electron chi connectivity index (χ1n) is 7.80. The number of rotatable bonds is 5. The highest BCUT2D eigenvalue weighted by atomic mass is 35.5. The Labute approximate surface area is 149 Å². The van der Waals surface area contributed by atoms with Crippen LogP contribution in [0.3, 0.4) is 0 Å². The molecule has 0 spiro atoms. The standard InChI is InChI=1S/C15H18ClN5O4/c1-9(24-13-4-3-10(16)7-11(13)21(22)23)15-18-14(19-25-15)12-8-17-5-6-20(12)2/h3-4,7,9,12,17H,5-6,8H2,1-2H3. The van der Waals surface area contributed by atoms with E-state index >= 15 is 0 Å². The average molecular weight is 368 g/mol. The maximum atomic E-state index is 11.1. The maximum absolute atomic E-state index is 11.1. The highest BCUT2D eigenvalue weighted by Gasteiger charge is 2.27. The normalized spacial score (nSPS) is 19.6. The summed E-state index contributed by atoms with van der Waals surface area (Å²) < 4.78 is 10.9. The van der Waals surface area contributed by atoms with Gasteiger partial charge in [-0.15, -0.1) is 0 Å². The number of nitrogens with zero attached hydrogens (tertiary/aromatic N) is 4. The molecular weight excluding hydrogens is 350 g/mol. The summed E-state index contributed by atoms with van der Waals surface area (Å²) in [5, 5.41) is 18.7. The minimum Gasteiger partial charge on any atom is -0.474 e. The van der Waals surface area contributed by atoms with Gasteiger partial charge >= 0.3 is 5.69 Å². The summed E-state index contributed by atoms with van der Waals surface area (Å²) >= 11 is 5.81. The Hall–Kier alpha value is -2.23. The van der Waals surface area contributed by atoms with Crippen LogP contribution in [0.4, 0.5) is 5.69 Å². The fraction of sp³-hybridized carbons (Fsp3) is 0.467. The lowest BCUT2D eigenvalue weighted by Gasteiger charge is -2.30. The number of nitro groups is 1. The SMILES string of the molecule is CC(Oc1ccc(Cl)cc1[N+](=O)[O-])c1nc(C2CNCCN2C)no1. The van der Waals surface area contributed by atoms with Crippen LogP contribution in [-0.2, 0) is 0 Å². The zero-order valence-electron chi connectivity index (χ0n) is 13.8. The van der Waals surface area contributed by atoms with Crippen LogP contribution >= 0.6 is 11.6 Å². The Morgan fingerprint density at radius 3 is 3.08 bits per heavy atom. The van der Waals surface area contributed by atoms with Crippen molar-refractivity contribution >= 4 is 17.3 Å². The summed E-state index contributed by atoms with van der Waals surface area (Å²) in [6.45, 7) is 4.22. The molecule has 2 aromatic rings. The topological polar surface area (TPSA) is 107 Å². The molecule has 0 amide bonds. The van der Waals surface area contributed by atoms with Crippen molar-refractivity contribution in [3.05, 3.63) is 45.1 Å². The van der Waals surface area contributed by atoms with E-state index in [1.54, 1.807) is 6.92 Å². The summed E-state index contributed by atoms with van der Waals surface area (Å²) in [5.74, 6) is 0.919. The van der Waals surface area contributed by atoms with Crippen LogP contribution in [0.15, 0.2) is 22.7 Å². The molecule has 1 saturated heterocycles. The Morgan fingerprint density at radius 2 is 2.36 bits per heavy atom. The van der Waals surface area contributed by atoms with Gasteiger partial charge in [0.15, 0.2) is 17.7 Å². The van der Waals surface area contributed by atoms with Gasteiger partial charge in [-0.2, -0.15) is 4.98 Å². The maximum Gasteiger partial charge on any atom is 0.312 e. The van der Waals surface area contributed by atoms with Crippen molar-refractivity contribution in [3.63, 3.8) is 0 Å². The first-order chi connectivity index (χ1) is 12.0. The van der Waals surface area contributed by atoms with Gasteiger partial charge in [-0.25, -0.2) is 0 Å². The van der Waals surface area contributed by atoms with Gasteiger partial charge < -0.3 is 14.6 Å². The van der Waals surface area contributed by atoms with Gasteiger partial charge in [0.1, 0.15) is 0 Å². The quantitative estimate of drug-likeness (QED) is 0.634. The molecule has 2 heterocycles. The monoisotopic (exact) mass is 367 g/mol. The van der Waals surface area contributed by atoms with Gasteiger partial charge in [0, 0.05) is 30.7 Å². The third-order valence-electron chi connectivity index (χ3n) is 4.04. The van der Waals surface area contributed by atoms with E-state index in [0.717, 1.165) is 19.6 Å². The number of aromatic nitrogens is 2. The molecule has 10 heteroatoms. The zero-order valence-corrected chi connectivity index (χ0v) is 14.6. The molecule has 0 aliphatic carbocycles. The number of halogens is 1. The third-order valence-corrected chi connectivity index (χ3v) is 4.27. The van der Waals surface area contributed by atoms with E-state index in [1.165, 1.54) is 18.2 Å². The van der Waals surface area contributed by atoms with Crippen molar-refractivity contribution in [2.45, 2.75) is 19.1 Å². The second-order valence-electron chi connectivity index (χ2n) is 5.82. The van der Waals surface area contributed by atoms with E-state index in [-0.39, 0.29) is 28.4 Å². The number of benzene rings is 1. The zero-order chi connectivity index (χ0) is 18.0. The molecule has 2 atom stereocenters. The average Bonchev–Trinajstić information content (AvgIpc) is 3.06. The Morgan fingerprint density at radius 1 is 1.56 bits per heavy atom. The molecule has 1 aliphatic rings. The Bertz CT molecular complexity index is 768. The van der Waals surface area contributed by atoms with E-state index in [2.05, 4.69) is 20.4 Å². The Kier molecular flexibility index (Phi) is 5.16. The summed E-state index contributed by atoms with van der Waals surface area (Å²) in [7, 11) is 2.00. The lowest BCUT2D eigenvalue weighted by Crippen LogP contribution is -2.44. The summed E-state index contributed by atoms with van der Waals surface area (Å²) in [4.78, 5) is 17.1. The number of nitro benzene ring substituents is 1. The van der Waals surface area contributed by atoms with Crippen molar-refractivity contribution in [3.8, 4) is 5.75 Å². The first kappa shape index (κ1) is 17.6. The van der Waals surface area contributed by atoms with Crippen LogP contribution in [0, 0.1) is 10.1 Å². The van der Waals surface area contributed by atoms with Gasteiger partial charge in [-0.1, -0.05) is 16.8 Å². The molecule has 2 unspecified atom stereocenters. The molecule has 0 saturated carbocycles. The van der Waals surface area contributed by atoms with Crippen LogP contribution in [0.25, 0.3) is 0 Å².